The van der Waals surface area contributed by atoms with E-state index in [-0.39, 0.29) is 11.4 Å². The molecule has 0 aromatic heterocycles. The number of hydrogen-bond donors (Lipinski definition) is 1. The molecule has 118 valence electrons. The maximum absolute atomic E-state index is 12.6. The van der Waals surface area contributed by atoms with Gasteiger partial charge in [-0.25, -0.2) is 0 Å². The van der Waals surface area contributed by atoms with Crippen LogP contribution in [-0.2, 0) is 0 Å². The second-order valence-corrected chi connectivity index (χ2v) is 7.61. The molecule has 0 unspecified atom stereocenters. The molecule has 22 heavy (non-hydrogen) atoms. The fourth-order valence-corrected chi connectivity index (χ4v) is 5.45. The third kappa shape index (κ3) is 2.51. The van der Waals surface area contributed by atoms with Crippen molar-refractivity contribution in [3.63, 3.8) is 0 Å². The first-order valence-corrected chi connectivity index (χ1v) is 8.71. The second-order valence-electron chi connectivity index (χ2n) is 7.61. The molecule has 0 spiro atoms. The topological polar surface area (TPSA) is 38.3 Å². The summed E-state index contributed by atoms with van der Waals surface area (Å²) in [6.07, 6.45) is 7.79. The van der Waals surface area contributed by atoms with Crippen molar-refractivity contribution in [2.75, 3.05) is 6.61 Å². The molecular weight excluding hydrogens is 274 g/mol. The van der Waals surface area contributed by atoms with Crippen molar-refractivity contribution in [1.29, 1.82) is 0 Å². The number of amides is 1. The molecule has 1 amide bonds. The van der Waals surface area contributed by atoms with Crippen LogP contribution in [0.15, 0.2) is 24.3 Å². The molecule has 4 saturated carbocycles. The molecule has 4 fully saturated rings. The number of benzene rings is 1. The van der Waals surface area contributed by atoms with Crippen LogP contribution < -0.4 is 10.1 Å². The normalized spacial score (nSPS) is 35.4. The van der Waals surface area contributed by atoms with Gasteiger partial charge < -0.3 is 10.1 Å². The van der Waals surface area contributed by atoms with Crippen LogP contribution in [0, 0.1) is 17.8 Å². The third-order valence-electron chi connectivity index (χ3n) is 5.84. The SMILES string of the molecule is CCOc1ccc(C(=O)NC23CC4CC(CC(C4)C2)C3)cc1. The van der Waals surface area contributed by atoms with Crippen molar-refractivity contribution in [3.8, 4) is 5.75 Å². The Balaban J connectivity index is 1.47. The Morgan fingerprint density at radius 2 is 1.64 bits per heavy atom. The number of carbonyl (C=O) groups excluding carboxylic acids is 1. The molecule has 1 aromatic carbocycles. The van der Waals surface area contributed by atoms with E-state index in [0.717, 1.165) is 29.1 Å². The summed E-state index contributed by atoms with van der Waals surface area (Å²) in [5.74, 6) is 3.48. The van der Waals surface area contributed by atoms with Gasteiger partial charge in [0, 0.05) is 11.1 Å². The van der Waals surface area contributed by atoms with Gasteiger partial charge in [0.2, 0.25) is 0 Å². The van der Waals surface area contributed by atoms with E-state index in [2.05, 4.69) is 5.32 Å². The van der Waals surface area contributed by atoms with Gasteiger partial charge in [0.25, 0.3) is 5.91 Å². The predicted octanol–water partition coefficient (Wildman–Crippen LogP) is 3.78. The van der Waals surface area contributed by atoms with E-state index in [4.69, 9.17) is 4.74 Å². The summed E-state index contributed by atoms with van der Waals surface area (Å²) in [5, 5.41) is 3.41. The largest absolute Gasteiger partial charge is 0.494 e. The maximum Gasteiger partial charge on any atom is 0.251 e. The molecule has 3 heteroatoms. The second kappa shape index (κ2) is 5.29. The van der Waals surface area contributed by atoms with Gasteiger partial charge in [-0.2, -0.15) is 0 Å². The molecule has 0 radical (unpaired) electrons. The average Bonchev–Trinajstić information content (AvgIpc) is 2.46. The fraction of sp³-hybridized carbons (Fsp3) is 0.632. The fourth-order valence-electron chi connectivity index (χ4n) is 5.45. The minimum absolute atomic E-state index is 0.0877. The van der Waals surface area contributed by atoms with E-state index in [1.807, 2.05) is 31.2 Å². The van der Waals surface area contributed by atoms with E-state index in [1.54, 1.807) is 0 Å². The number of carbonyl (C=O) groups is 1. The van der Waals surface area contributed by atoms with Crippen molar-refractivity contribution < 1.29 is 9.53 Å². The lowest BCUT2D eigenvalue weighted by Crippen LogP contribution is -2.59. The Labute approximate surface area is 132 Å². The molecule has 1 aromatic rings. The summed E-state index contributed by atoms with van der Waals surface area (Å²) < 4.78 is 5.44. The minimum Gasteiger partial charge on any atom is -0.494 e. The summed E-state index contributed by atoms with van der Waals surface area (Å²) >= 11 is 0. The molecule has 5 rings (SSSR count). The number of hydrogen-bond acceptors (Lipinski definition) is 2. The number of nitrogens with one attached hydrogen (secondary N) is 1. The zero-order valence-electron chi connectivity index (χ0n) is 13.3. The van der Waals surface area contributed by atoms with E-state index < -0.39 is 0 Å². The van der Waals surface area contributed by atoms with Crippen LogP contribution >= 0.6 is 0 Å². The molecule has 1 N–H and O–H groups in total. The lowest BCUT2D eigenvalue weighted by Gasteiger charge is -2.56. The summed E-state index contributed by atoms with van der Waals surface area (Å²) in [6.45, 7) is 2.62. The molecule has 4 aliphatic rings. The van der Waals surface area contributed by atoms with E-state index in [0.29, 0.717) is 6.61 Å². The molecule has 4 bridgehead atoms. The smallest absolute Gasteiger partial charge is 0.251 e. The van der Waals surface area contributed by atoms with E-state index in [9.17, 15) is 4.79 Å². The third-order valence-corrected chi connectivity index (χ3v) is 5.84. The van der Waals surface area contributed by atoms with Crippen molar-refractivity contribution >= 4 is 5.91 Å². The monoisotopic (exact) mass is 299 g/mol. The molecule has 0 aliphatic heterocycles. The molecule has 4 aliphatic carbocycles. The molecule has 0 atom stereocenters. The van der Waals surface area contributed by atoms with Gasteiger partial charge in [-0.1, -0.05) is 0 Å². The van der Waals surface area contributed by atoms with E-state index >= 15 is 0 Å². The van der Waals surface area contributed by atoms with Gasteiger partial charge in [-0.3, -0.25) is 4.79 Å². The average molecular weight is 299 g/mol. The highest BCUT2D eigenvalue weighted by Crippen LogP contribution is 2.55. The Morgan fingerprint density at radius 1 is 1.09 bits per heavy atom. The predicted molar refractivity (Wildman–Crippen MR) is 86.0 cm³/mol. The minimum atomic E-state index is 0.0877. The molecular formula is C19H25NO2. The first kappa shape index (κ1) is 14.1. The maximum atomic E-state index is 12.6. The van der Waals surface area contributed by atoms with Gasteiger partial charge in [0.1, 0.15) is 5.75 Å². The first-order chi connectivity index (χ1) is 10.7. The first-order valence-electron chi connectivity index (χ1n) is 8.71. The van der Waals surface area contributed by atoms with Gasteiger partial charge >= 0.3 is 0 Å². The van der Waals surface area contributed by atoms with Crippen molar-refractivity contribution in [1.82, 2.24) is 5.32 Å². The van der Waals surface area contributed by atoms with Crippen LogP contribution in [0.3, 0.4) is 0 Å². The molecule has 0 heterocycles. The van der Waals surface area contributed by atoms with Crippen LogP contribution in [0.2, 0.25) is 0 Å². The van der Waals surface area contributed by atoms with Gasteiger partial charge in [0.15, 0.2) is 0 Å². The van der Waals surface area contributed by atoms with Crippen molar-refractivity contribution in [2.24, 2.45) is 17.8 Å². The molecule has 3 nitrogen and oxygen atoms in total. The zero-order chi connectivity index (χ0) is 15.2. The standard InChI is InChI=1S/C19H25NO2/c1-2-22-17-5-3-16(4-6-17)18(21)20-19-10-13-7-14(11-19)9-15(8-13)12-19/h3-6,13-15H,2,7-12H2,1H3,(H,20,21). The van der Waals surface area contributed by atoms with Crippen LogP contribution in [0.25, 0.3) is 0 Å². The van der Waals surface area contributed by atoms with Crippen molar-refractivity contribution in [3.05, 3.63) is 29.8 Å². The summed E-state index contributed by atoms with van der Waals surface area (Å²) in [7, 11) is 0. The van der Waals surface area contributed by atoms with Crippen LogP contribution in [0.1, 0.15) is 55.8 Å². The Morgan fingerprint density at radius 3 is 2.14 bits per heavy atom. The Bertz CT molecular complexity index is 528. The number of rotatable bonds is 4. The van der Waals surface area contributed by atoms with Gasteiger partial charge in [-0.15, -0.1) is 0 Å². The van der Waals surface area contributed by atoms with Gasteiger partial charge in [0.05, 0.1) is 6.61 Å². The lowest BCUT2D eigenvalue weighted by atomic mass is 9.53. The number of ether oxygens (including phenoxy) is 1. The van der Waals surface area contributed by atoms with Crippen LogP contribution in [0.4, 0.5) is 0 Å². The highest BCUT2D eigenvalue weighted by Gasteiger charge is 2.51. The van der Waals surface area contributed by atoms with Crippen molar-refractivity contribution in [2.45, 2.75) is 51.0 Å². The van der Waals surface area contributed by atoms with Gasteiger partial charge in [-0.05, 0) is 87.5 Å². The quantitative estimate of drug-likeness (QED) is 0.918. The Kier molecular flexibility index (Phi) is 3.39. The summed E-state index contributed by atoms with van der Waals surface area (Å²) in [5.41, 5.74) is 0.837. The Hall–Kier alpha value is -1.51. The van der Waals surface area contributed by atoms with Crippen LogP contribution in [0.5, 0.6) is 5.75 Å². The molecule has 0 saturated heterocycles. The highest BCUT2D eigenvalue weighted by molar-refractivity contribution is 5.94. The highest BCUT2D eigenvalue weighted by atomic mass is 16.5. The van der Waals surface area contributed by atoms with Crippen LogP contribution in [-0.4, -0.2) is 18.1 Å². The summed E-state index contributed by atoms with van der Waals surface area (Å²) in [4.78, 5) is 12.6. The van der Waals surface area contributed by atoms with E-state index in [1.165, 1.54) is 38.5 Å². The zero-order valence-corrected chi connectivity index (χ0v) is 13.3. The lowest BCUT2D eigenvalue weighted by molar-refractivity contribution is -0.0167. The summed E-state index contributed by atoms with van der Waals surface area (Å²) in [6, 6.07) is 7.53.